The molecule has 4 heteroatoms. The predicted octanol–water partition coefficient (Wildman–Crippen LogP) is 3.69. The van der Waals surface area contributed by atoms with Gasteiger partial charge in [0.05, 0.1) is 4.47 Å². The van der Waals surface area contributed by atoms with E-state index in [1.165, 1.54) is 43.2 Å². The molecule has 1 aromatic carbocycles. The van der Waals surface area contributed by atoms with E-state index in [4.69, 9.17) is 15.2 Å². The molecule has 0 atom stereocenters. The van der Waals surface area contributed by atoms with Crippen molar-refractivity contribution >= 4 is 15.9 Å². The molecule has 2 aliphatic rings. The normalized spacial score (nSPS) is 20.8. The Morgan fingerprint density at radius 1 is 1.20 bits per heavy atom. The molecule has 1 heterocycles. The lowest BCUT2D eigenvalue weighted by atomic mass is 9.68. The van der Waals surface area contributed by atoms with Gasteiger partial charge in [-0.05, 0) is 52.9 Å². The maximum Gasteiger partial charge on any atom is 0.175 e. The summed E-state index contributed by atoms with van der Waals surface area (Å²) in [4.78, 5) is 0. The Balaban J connectivity index is 2.12. The van der Waals surface area contributed by atoms with Gasteiger partial charge in [-0.2, -0.15) is 0 Å². The predicted molar refractivity (Wildman–Crippen MR) is 83.7 cm³/mol. The first-order chi connectivity index (χ1) is 9.68. The number of aryl methyl sites for hydroxylation is 1. The molecule has 1 aliphatic carbocycles. The van der Waals surface area contributed by atoms with Crippen LogP contribution in [-0.4, -0.2) is 19.8 Å². The summed E-state index contributed by atoms with van der Waals surface area (Å²) in [5.74, 6) is 1.71. The summed E-state index contributed by atoms with van der Waals surface area (Å²) in [6.45, 7) is 4.10. The Morgan fingerprint density at radius 2 is 1.90 bits per heavy atom. The Hall–Kier alpha value is -0.740. The number of hydrogen-bond donors (Lipinski definition) is 1. The van der Waals surface area contributed by atoms with Crippen LogP contribution in [-0.2, 0) is 5.41 Å². The third-order valence-corrected chi connectivity index (χ3v) is 5.46. The zero-order valence-corrected chi connectivity index (χ0v) is 13.6. The van der Waals surface area contributed by atoms with Gasteiger partial charge in [0.2, 0.25) is 0 Å². The average molecular weight is 340 g/mol. The SMILES string of the molecule is Cc1cc2c(c(Br)c1C1(CN)CCCCC1)OCCO2. The van der Waals surface area contributed by atoms with Gasteiger partial charge in [-0.15, -0.1) is 0 Å². The fourth-order valence-electron chi connectivity index (χ4n) is 3.70. The first-order valence-corrected chi connectivity index (χ1v) is 8.26. The highest BCUT2D eigenvalue weighted by Gasteiger charge is 2.37. The fraction of sp³-hybridized carbons (Fsp3) is 0.625. The monoisotopic (exact) mass is 339 g/mol. The number of nitrogens with two attached hydrogens (primary N) is 1. The van der Waals surface area contributed by atoms with E-state index in [-0.39, 0.29) is 5.41 Å². The van der Waals surface area contributed by atoms with Gasteiger partial charge in [-0.25, -0.2) is 0 Å². The zero-order chi connectivity index (χ0) is 14.2. The van der Waals surface area contributed by atoms with E-state index in [1.807, 2.05) is 0 Å². The second kappa shape index (κ2) is 5.57. The molecular formula is C16H22BrNO2. The zero-order valence-electron chi connectivity index (χ0n) is 12.0. The maximum atomic E-state index is 6.19. The minimum absolute atomic E-state index is 0.0942. The molecule has 0 spiro atoms. The molecule has 0 bridgehead atoms. The lowest BCUT2D eigenvalue weighted by Gasteiger charge is -2.39. The van der Waals surface area contributed by atoms with Gasteiger partial charge in [0.1, 0.15) is 13.2 Å². The summed E-state index contributed by atoms with van der Waals surface area (Å²) >= 11 is 3.77. The van der Waals surface area contributed by atoms with Crippen molar-refractivity contribution in [1.82, 2.24) is 0 Å². The highest BCUT2D eigenvalue weighted by Crippen LogP contribution is 2.49. The van der Waals surface area contributed by atoms with Crippen molar-refractivity contribution in [3.05, 3.63) is 21.7 Å². The van der Waals surface area contributed by atoms with Crippen LogP contribution in [0.2, 0.25) is 0 Å². The minimum atomic E-state index is 0.0942. The molecule has 1 aromatic rings. The molecule has 0 saturated heterocycles. The van der Waals surface area contributed by atoms with Crippen molar-refractivity contribution in [3.8, 4) is 11.5 Å². The molecule has 0 aromatic heterocycles. The molecule has 20 heavy (non-hydrogen) atoms. The summed E-state index contributed by atoms with van der Waals surface area (Å²) in [6, 6.07) is 2.11. The van der Waals surface area contributed by atoms with Crippen molar-refractivity contribution in [1.29, 1.82) is 0 Å². The molecular weight excluding hydrogens is 318 g/mol. The van der Waals surface area contributed by atoms with Crippen molar-refractivity contribution in [3.63, 3.8) is 0 Å². The first-order valence-electron chi connectivity index (χ1n) is 7.47. The van der Waals surface area contributed by atoms with Crippen LogP contribution < -0.4 is 15.2 Å². The van der Waals surface area contributed by atoms with Gasteiger partial charge in [0, 0.05) is 12.0 Å². The molecule has 110 valence electrons. The van der Waals surface area contributed by atoms with Gasteiger partial charge in [-0.1, -0.05) is 19.3 Å². The number of benzene rings is 1. The van der Waals surface area contributed by atoms with Crippen molar-refractivity contribution in [2.75, 3.05) is 19.8 Å². The Kier molecular flexibility index (Phi) is 3.95. The largest absolute Gasteiger partial charge is 0.486 e. The molecule has 1 fully saturated rings. The van der Waals surface area contributed by atoms with Crippen molar-refractivity contribution in [2.45, 2.75) is 44.4 Å². The van der Waals surface area contributed by atoms with E-state index in [0.717, 1.165) is 16.0 Å². The number of rotatable bonds is 2. The second-order valence-corrected chi connectivity index (χ2v) is 6.74. The summed E-state index contributed by atoms with van der Waals surface area (Å²) in [6.07, 6.45) is 6.18. The number of fused-ring (bicyclic) bond motifs is 1. The smallest absolute Gasteiger partial charge is 0.175 e. The van der Waals surface area contributed by atoms with E-state index in [9.17, 15) is 0 Å². The number of hydrogen-bond acceptors (Lipinski definition) is 3. The quantitative estimate of drug-likeness (QED) is 0.893. The van der Waals surface area contributed by atoms with E-state index in [0.29, 0.717) is 19.8 Å². The molecule has 3 rings (SSSR count). The van der Waals surface area contributed by atoms with E-state index in [2.05, 4.69) is 28.9 Å². The summed E-state index contributed by atoms with van der Waals surface area (Å²) in [5, 5.41) is 0. The fourth-order valence-corrected chi connectivity index (χ4v) is 4.75. The van der Waals surface area contributed by atoms with Gasteiger partial charge in [0.25, 0.3) is 0 Å². The standard InChI is InChI=1S/C16H22BrNO2/c1-11-9-12-15(20-8-7-19-12)14(17)13(11)16(10-18)5-3-2-4-6-16/h9H,2-8,10,18H2,1H3. The highest BCUT2D eigenvalue weighted by atomic mass is 79.9. The van der Waals surface area contributed by atoms with Crippen molar-refractivity contribution < 1.29 is 9.47 Å². The van der Waals surface area contributed by atoms with Crippen molar-refractivity contribution in [2.24, 2.45) is 5.73 Å². The molecule has 1 saturated carbocycles. The molecule has 1 aliphatic heterocycles. The summed E-state index contributed by atoms with van der Waals surface area (Å²) in [7, 11) is 0. The number of halogens is 1. The van der Waals surface area contributed by atoms with Crippen LogP contribution in [0.3, 0.4) is 0 Å². The lowest BCUT2D eigenvalue weighted by molar-refractivity contribution is 0.169. The molecule has 0 radical (unpaired) electrons. The van der Waals surface area contributed by atoms with Crippen LogP contribution in [0.1, 0.15) is 43.2 Å². The van der Waals surface area contributed by atoms with Crippen LogP contribution in [0.15, 0.2) is 10.5 Å². The van der Waals surface area contributed by atoms with Crippen LogP contribution in [0.25, 0.3) is 0 Å². The van der Waals surface area contributed by atoms with E-state index >= 15 is 0 Å². The van der Waals surface area contributed by atoms with Crippen LogP contribution in [0.4, 0.5) is 0 Å². The second-order valence-electron chi connectivity index (χ2n) is 5.95. The topological polar surface area (TPSA) is 44.5 Å². The van der Waals surface area contributed by atoms with Gasteiger partial charge < -0.3 is 15.2 Å². The lowest BCUT2D eigenvalue weighted by Crippen LogP contribution is -2.38. The first kappa shape index (κ1) is 14.2. The molecule has 0 unspecified atom stereocenters. The third kappa shape index (κ3) is 2.23. The Labute approximate surface area is 129 Å². The summed E-state index contributed by atoms with van der Waals surface area (Å²) < 4.78 is 12.6. The van der Waals surface area contributed by atoms with E-state index < -0.39 is 0 Å². The van der Waals surface area contributed by atoms with Gasteiger partial charge in [0.15, 0.2) is 11.5 Å². The van der Waals surface area contributed by atoms with Crippen LogP contribution >= 0.6 is 15.9 Å². The Morgan fingerprint density at radius 3 is 2.60 bits per heavy atom. The maximum absolute atomic E-state index is 6.19. The Bertz CT molecular complexity index is 510. The number of ether oxygens (including phenoxy) is 2. The minimum Gasteiger partial charge on any atom is -0.486 e. The van der Waals surface area contributed by atoms with Crippen LogP contribution in [0, 0.1) is 6.92 Å². The highest BCUT2D eigenvalue weighted by molar-refractivity contribution is 9.10. The molecule has 0 amide bonds. The van der Waals surface area contributed by atoms with Crippen LogP contribution in [0.5, 0.6) is 11.5 Å². The molecule has 2 N–H and O–H groups in total. The van der Waals surface area contributed by atoms with E-state index in [1.54, 1.807) is 0 Å². The van der Waals surface area contributed by atoms with Gasteiger partial charge >= 0.3 is 0 Å². The summed E-state index contributed by atoms with van der Waals surface area (Å²) in [5.41, 5.74) is 8.88. The average Bonchev–Trinajstić information content (AvgIpc) is 2.48. The molecule has 3 nitrogen and oxygen atoms in total. The van der Waals surface area contributed by atoms with Gasteiger partial charge in [-0.3, -0.25) is 0 Å². The third-order valence-electron chi connectivity index (χ3n) is 4.70.